The van der Waals surface area contributed by atoms with E-state index < -0.39 is 0 Å². The predicted octanol–water partition coefficient (Wildman–Crippen LogP) is 2.33. The maximum atomic E-state index is 13.1. The molecule has 0 aromatic heterocycles. The Morgan fingerprint density at radius 2 is 2.28 bits per heavy atom. The van der Waals surface area contributed by atoms with Gasteiger partial charge in [-0.15, -0.1) is 0 Å². The van der Waals surface area contributed by atoms with Crippen molar-refractivity contribution in [1.82, 2.24) is 5.09 Å². The summed E-state index contributed by atoms with van der Waals surface area (Å²) in [6.07, 6.45) is 1.81. The number of rotatable bonds is 8. The summed E-state index contributed by atoms with van der Waals surface area (Å²) in [5.74, 6) is 0.225. The van der Waals surface area contributed by atoms with Gasteiger partial charge in [-0.05, 0) is 38.1 Å². The van der Waals surface area contributed by atoms with Crippen LogP contribution in [-0.2, 0) is 6.42 Å². The van der Waals surface area contributed by atoms with Gasteiger partial charge in [-0.3, -0.25) is 5.09 Å². The van der Waals surface area contributed by atoms with Crippen LogP contribution in [-0.4, -0.2) is 31.0 Å². The third-order valence-electron chi connectivity index (χ3n) is 2.62. The maximum Gasteiger partial charge on any atom is 0.126 e. The highest BCUT2D eigenvalue weighted by molar-refractivity contribution is 7.34. The molecule has 0 saturated heterocycles. The van der Waals surface area contributed by atoms with Gasteiger partial charge in [-0.25, -0.2) is 4.39 Å². The molecule has 1 unspecified atom stereocenters. The van der Waals surface area contributed by atoms with Crippen LogP contribution in [0.1, 0.15) is 18.9 Å². The average Bonchev–Trinajstić information content (AvgIpc) is 2.35. The van der Waals surface area contributed by atoms with Crippen LogP contribution in [0.2, 0.25) is 0 Å². The number of hydrogen-bond acceptors (Lipinski definition) is 3. The summed E-state index contributed by atoms with van der Waals surface area (Å²) < 4.78 is 18.5. The van der Waals surface area contributed by atoms with Crippen molar-refractivity contribution < 1.29 is 14.2 Å². The molecule has 0 saturated carbocycles. The van der Waals surface area contributed by atoms with Gasteiger partial charge in [0.15, 0.2) is 0 Å². The molecular weight excluding hydrogens is 252 g/mol. The van der Waals surface area contributed by atoms with E-state index in [2.05, 4.69) is 18.7 Å². The molecule has 0 fully saturated rings. The molecule has 1 aromatic rings. The molecular formula is C13H21FNO2P. The number of hydrogen-bond donors (Lipinski definition) is 2. The minimum absolute atomic E-state index is 0.0646. The molecule has 18 heavy (non-hydrogen) atoms. The van der Waals surface area contributed by atoms with Crippen LogP contribution >= 0.6 is 8.73 Å². The Balaban J connectivity index is 2.62. The lowest BCUT2D eigenvalue weighted by Crippen LogP contribution is -2.18. The summed E-state index contributed by atoms with van der Waals surface area (Å²) in [7, 11) is 0.727. The van der Waals surface area contributed by atoms with E-state index in [-0.39, 0.29) is 19.0 Å². The molecule has 0 aliphatic carbocycles. The number of nitrogens with one attached hydrogen (secondary N) is 1. The molecule has 0 spiro atoms. The fourth-order valence-electron chi connectivity index (χ4n) is 1.72. The Morgan fingerprint density at radius 1 is 1.50 bits per heavy atom. The van der Waals surface area contributed by atoms with Gasteiger partial charge in [0, 0.05) is 12.1 Å². The molecule has 2 atom stereocenters. The first-order valence-electron chi connectivity index (χ1n) is 6.11. The third kappa shape index (κ3) is 5.30. The highest BCUT2D eigenvalue weighted by Crippen LogP contribution is 2.22. The molecule has 1 aromatic carbocycles. The van der Waals surface area contributed by atoms with E-state index in [0.717, 1.165) is 27.1 Å². The minimum atomic E-state index is -0.312. The van der Waals surface area contributed by atoms with Crippen molar-refractivity contribution in [3.63, 3.8) is 0 Å². The van der Waals surface area contributed by atoms with Crippen LogP contribution in [0.5, 0.6) is 5.75 Å². The topological polar surface area (TPSA) is 41.5 Å². The minimum Gasteiger partial charge on any atom is -0.491 e. The Labute approximate surface area is 110 Å². The monoisotopic (exact) mass is 273 g/mol. The number of aryl methyl sites for hydroxylation is 1. The van der Waals surface area contributed by atoms with Gasteiger partial charge in [-0.2, -0.15) is 0 Å². The number of aliphatic hydroxyl groups is 1. The van der Waals surface area contributed by atoms with Crippen LogP contribution in [0.4, 0.5) is 4.39 Å². The van der Waals surface area contributed by atoms with Crippen molar-refractivity contribution in [2.24, 2.45) is 0 Å². The highest BCUT2D eigenvalue weighted by atomic mass is 31.1. The van der Waals surface area contributed by atoms with E-state index >= 15 is 0 Å². The van der Waals surface area contributed by atoms with Crippen LogP contribution < -0.4 is 9.82 Å². The van der Waals surface area contributed by atoms with E-state index in [0.29, 0.717) is 11.8 Å². The number of benzene rings is 1. The normalized spacial score (nSPS) is 13.1. The standard InChI is InChI=1S/C13H21FNO2P/c1-10(15-18-2)3-4-11-5-6-12(14)9-13(11)17-8-7-16/h5-6,9-10,15-16,18H,3-4,7-8H2,1-2H3/t10-/m1/s1. The Morgan fingerprint density at radius 3 is 2.94 bits per heavy atom. The van der Waals surface area contributed by atoms with Gasteiger partial charge in [0.1, 0.15) is 18.2 Å². The zero-order chi connectivity index (χ0) is 13.4. The highest BCUT2D eigenvalue weighted by Gasteiger charge is 2.08. The Hall–Kier alpha value is -0.700. The van der Waals surface area contributed by atoms with Crippen molar-refractivity contribution in [3.05, 3.63) is 29.6 Å². The molecule has 2 N–H and O–H groups in total. The maximum absolute atomic E-state index is 13.1. The summed E-state index contributed by atoms with van der Waals surface area (Å²) in [6, 6.07) is 5.01. The van der Waals surface area contributed by atoms with E-state index in [1.54, 1.807) is 6.07 Å². The first-order valence-corrected chi connectivity index (χ1v) is 7.61. The molecule has 0 radical (unpaired) electrons. The first kappa shape index (κ1) is 15.4. The number of aliphatic hydroxyl groups excluding tert-OH is 1. The Kier molecular flexibility index (Phi) is 7.18. The summed E-state index contributed by atoms with van der Waals surface area (Å²) in [5.41, 5.74) is 0.984. The van der Waals surface area contributed by atoms with Crippen molar-refractivity contribution in [2.75, 3.05) is 19.9 Å². The van der Waals surface area contributed by atoms with Gasteiger partial charge in [0.05, 0.1) is 6.61 Å². The van der Waals surface area contributed by atoms with Gasteiger partial charge in [0.25, 0.3) is 0 Å². The second kappa shape index (κ2) is 8.41. The lowest BCUT2D eigenvalue weighted by Gasteiger charge is -2.14. The van der Waals surface area contributed by atoms with Crippen LogP contribution in [0.3, 0.4) is 0 Å². The fraction of sp³-hybridized carbons (Fsp3) is 0.538. The second-order valence-electron chi connectivity index (χ2n) is 4.16. The third-order valence-corrected chi connectivity index (χ3v) is 3.40. The van der Waals surface area contributed by atoms with Crippen molar-refractivity contribution >= 4 is 8.73 Å². The largest absolute Gasteiger partial charge is 0.491 e. The van der Waals surface area contributed by atoms with Crippen molar-refractivity contribution in [2.45, 2.75) is 25.8 Å². The number of ether oxygens (including phenoxy) is 1. The molecule has 1 rings (SSSR count). The van der Waals surface area contributed by atoms with Crippen LogP contribution in [0, 0.1) is 5.82 Å². The molecule has 0 amide bonds. The van der Waals surface area contributed by atoms with Crippen LogP contribution in [0.15, 0.2) is 18.2 Å². The van der Waals surface area contributed by atoms with E-state index in [4.69, 9.17) is 9.84 Å². The Bertz CT molecular complexity index is 363. The quantitative estimate of drug-likeness (QED) is 0.714. The molecule has 3 nitrogen and oxygen atoms in total. The summed E-state index contributed by atoms with van der Waals surface area (Å²) in [5, 5.41) is 12.1. The molecule has 0 aliphatic rings. The predicted molar refractivity (Wildman–Crippen MR) is 74.1 cm³/mol. The zero-order valence-electron chi connectivity index (χ0n) is 10.9. The fourth-order valence-corrected chi connectivity index (χ4v) is 2.35. The van der Waals surface area contributed by atoms with Gasteiger partial charge in [0.2, 0.25) is 0 Å². The lowest BCUT2D eigenvalue weighted by molar-refractivity contribution is 0.199. The molecule has 0 bridgehead atoms. The molecule has 5 heteroatoms. The van der Waals surface area contributed by atoms with Gasteiger partial charge >= 0.3 is 0 Å². The van der Waals surface area contributed by atoms with E-state index in [1.807, 2.05) is 0 Å². The van der Waals surface area contributed by atoms with Gasteiger partial charge < -0.3 is 9.84 Å². The van der Waals surface area contributed by atoms with Gasteiger partial charge in [-0.1, -0.05) is 14.8 Å². The summed E-state index contributed by atoms with van der Waals surface area (Å²) in [6.45, 7) is 4.37. The second-order valence-corrected chi connectivity index (χ2v) is 4.95. The molecule has 102 valence electrons. The van der Waals surface area contributed by atoms with E-state index in [1.165, 1.54) is 12.1 Å². The summed E-state index contributed by atoms with van der Waals surface area (Å²) in [4.78, 5) is 0. The van der Waals surface area contributed by atoms with Crippen molar-refractivity contribution in [3.8, 4) is 5.75 Å². The van der Waals surface area contributed by atoms with Crippen molar-refractivity contribution in [1.29, 1.82) is 0 Å². The van der Waals surface area contributed by atoms with E-state index in [9.17, 15) is 4.39 Å². The molecule has 0 aliphatic heterocycles. The van der Waals surface area contributed by atoms with Crippen LogP contribution in [0.25, 0.3) is 0 Å². The first-order chi connectivity index (χ1) is 8.67. The summed E-state index contributed by atoms with van der Waals surface area (Å²) >= 11 is 0. The molecule has 0 heterocycles. The SMILES string of the molecule is CPN[C@H](C)CCc1ccc(F)cc1OCCO. The lowest BCUT2D eigenvalue weighted by atomic mass is 10.1. The zero-order valence-corrected chi connectivity index (χ0v) is 11.9. The smallest absolute Gasteiger partial charge is 0.126 e. The number of halogens is 1. The average molecular weight is 273 g/mol.